The molecule has 4 atom stereocenters. The largest absolute Gasteiger partial charge is 0.375 e. The van der Waals surface area contributed by atoms with Gasteiger partial charge in [-0.25, -0.2) is 0 Å². The zero-order valence-electron chi connectivity index (χ0n) is 11.9. The molecular formula is C16H29NO. The molecule has 3 fully saturated rings. The van der Waals surface area contributed by atoms with Gasteiger partial charge in [0.2, 0.25) is 0 Å². The second-order valence-electron chi connectivity index (χ2n) is 7.14. The Morgan fingerprint density at radius 1 is 1.11 bits per heavy atom. The summed E-state index contributed by atoms with van der Waals surface area (Å²) in [5.41, 5.74) is 6.88. The number of hydrogen-bond acceptors (Lipinski definition) is 2. The average molecular weight is 251 g/mol. The van der Waals surface area contributed by atoms with Crippen LogP contribution in [0.2, 0.25) is 0 Å². The fourth-order valence-electron chi connectivity index (χ4n) is 4.86. The molecule has 0 aromatic rings. The molecule has 0 radical (unpaired) electrons. The first kappa shape index (κ1) is 12.9. The van der Waals surface area contributed by atoms with E-state index in [1.54, 1.807) is 0 Å². The summed E-state index contributed by atoms with van der Waals surface area (Å²) in [6.45, 7) is 3.36. The van der Waals surface area contributed by atoms with E-state index in [-0.39, 0.29) is 5.60 Å². The third-order valence-electron chi connectivity index (χ3n) is 6.01. The quantitative estimate of drug-likeness (QED) is 0.815. The van der Waals surface area contributed by atoms with E-state index >= 15 is 0 Å². The fraction of sp³-hybridized carbons (Fsp3) is 1.00. The lowest BCUT2D eigenvalue weighted by Crippen LogP contribution is -2.47. The summed E-state index contributed by atoms with van der Waals surface area (Å²) in [4.78, 5) is 0. The van der Waals surface area contributed by atoms with Crippen LogP contribution in [0, 0.1) is 17.8 Å². The van der Waals surface area contributed by atoms with Crippen molar-refractivity contribution in [1.29, 1.82) is 0 Å². The van der Waals surface area contributed by atoms with Crippen molar-refractivity contribution in [2.45, 2.75) is 76.4 Å². The van der Waals surface area contributed by atoms with Crippen molar-refractivity contribution in [3.63, 3.8) is 0 Å². The van der Waals surface area contributed by atoms with Gasteiger partial charge in [-0.2, -0.15) is 0 Å². The second kappa shape index (κ2) is 5.13. The summed E-state index contributed by atoms with van der Waals surface area (Å²) in [5, 5.41) is 0. The third-order valence-corrected chi connectivity index (χ3v) is 6.01. The maximum Gasteiger partial charge on any atom is 0.0685 e. The highest BCUT2D eigenvalue weighted by atomic mass is 16.5. The third kappa shape index (κ3) is 2.34. The zero-order chi connectivity index (χ0) is 12.6. The molecule has 4 unspecified atom stereocenters. The van der Waals surface area contributed by atoms with Crippen LogP contribution >= 0.6 is 0 Å². The van der Waals surface area contributed by atoms with Crippen LogP contribution in [-0.2, 0) is 4.74 Å². The van der Waals surface area contributed by atoms with Crippen LogP contribution in [0.4, 0.5) is 0 Å². The van der Waals surface area contributed by atoms with E-state index in [1.165, 1.54) is 57.8 Å². The van der Waals surface area contributed by atoms with Gasteiger partial charge in [-0.15, -0.1) is 0 Å². The molecule has 1 aliphatic heterocycles. The Labute approximate surface area is 112 Å². The van der Waals surface area contributed by atoms with Gasteiger partial charge in [0, 0.05) is 12.6 Å². The molecule has 2 heteroatoms. The summed E-state index contributed by atoms with van der Waals surface area (Å²) < 4.78 is 6.14. The van der Waals surface area contributed by atoms with Crippen LogP contribution in [0.3, 0.4) is 0 Å². The molecule has 104 valence electrons. The van der Waals surface area contributed by atoms with Gasteiger partial charge in [-0.3, -0.25) is 0 Å². The van der Waals surface area contributed by atoms with Crippen molar-refractivity contribution in [3.8, 4) is 0 Å². The predicted molar refractivity (Wildman–Crippen MR) is 74.4 cm³/mol. The highest BCUT2D eigenvalue weighted by Crippen LogP contribution is 2.45. The summed E-state index contributed by atoms with van der Waals surface area (Å²) in [6.07, 6.45) is 11.9. The number of rotatable bonds is 2. The van der Waals surface area contributed by atoms with Gasteiger partial charge in [0.1, 0.15) is 0 Å². The van der Waals surface area contributed by atoms with E-state index in [0.717, 1.165) is 24.4 Å². The van der Waals surface area contributed by atoms with Crippen LogP contribution in [0.1, 0.15) is 64.7 Å². The Balaban J connectivity index is 1.64. The van der Waals surface area contributed by atoms with Gasteiger partial charge in [0.25, 0.3) is 0 Å². The Morgan fingerprint density at radius 3 is 2.56 bits per heavy atom. The Hall–Kier alpha value is -0.0800. The topological polar surface area (TPSA) is 35.2 Å². The summed E-state index contributed by atoms with van der Waals surface area (Å²) >= 11 is 0. The highest BCUT2D eigenvalue weighted by molar-refractivity contribution is 4.96. The molecule has 0 amide bonds. The van der Waals surface area contributed by atoms with Crippen molar-refractivity contribution in [1.82, 2.24) is 0 Å². The molecule has 18 heavy (non-hydrogen) atoms. The van der Waals surface area contributed by atoms with E-state index in [1.807, 2.05) is 0 Å². The van der Waals surface area contributed by atoms with Gasteiger partial charge in [0.15, 0.2) is 0 Å². The molecule has 0 aromatic carbocycles. The lowest BCUT2D eigenvalue weighted by Gasteiger charge is -2.42. The van der Waals surface area contributed by atoms with E-state index < -0.39 is 0 Å². The van der Waals surface area contributed by atoms with Gasteiger partial charge in [0.05, 0.1) is 5.60 Å². The fourth-order valence-corrected chi connectivity index (χ4v) is 4.86. The molecule has 1 spiro atoms. The van der Waals surface area contributed by atoms with Gasteiger partial charge in [-0.05, 0) is 49.9 Å². The number of hydrogen-bond donors (Lipinski definition) is 1. The number of ether oxygens (including phenoxy) is 1. The predicted octanol–water partition coefficient (Wildman–Crippen LogP) is 3.49. The molecule has 3 aliphatic rings. The molecule has 2 saturated carbocycles. The van der Waals surface area contributed by atoms with Gasteiger partial charge < -0.3 is 10.5 Å². The summed E-state index contributed by atoms with van der Waals surface area (Å²) in [6, 6.07) is 0.434. The normalized spacial score (nSPS) is 41.3. The number of nitrogens with two attached hydrogens (primary N) is 1. The first-order valence-electron chi connectivity index (χ1n) is 8.10. The molecule has 2 aliphatic carbocycles. The molecular weight excluding hydrogens is 222 g/mol. The van der Waals surface area contributed by atoms with Crippen molar-refractivity contribution < 1.29 is 4.74 Å². The first-order valence-corrected chi connectivity index (χ1v) is 8.10. The average Bonchev–Trinajstić information content (AvgIpc) is 2.98. The van der Waals surface area contributed by atoms with Crippen molar-refractivity contribution >= 4 is 0 Å². The molecule has 1 heterocycles. The minimum absolute atomic E-state index is 0.238. The summed E-state index contributed by atoms with van der Waals surface area (Å²) in [5.74, 6) is 2.36. The van der Waals surface area contributed by atoms with E-state index in [2.05, 4.69) is 6.92 Å². The molecule has 3 rings (SSSR count). The van der Waals surface area contributed by atoms with Crippen molar-refractivity contribution in [3.05, 3.63) is 0 Å². The lowest BCUT2D eigenvalue weighted by atomic mass is 9.75. The maximum atomic E-state index is 6.64. The smallest absolute Gasteiger partial charge is 0.0685 e. The van der Waals surface area contributed by atoms with E-state index in [0.29, 0.717) is 6.04 Å². The minimum atomic E-state index is 0.238. The summed E-state index contributed by atoms with van der Waals surface area (Å²) in [7, 11) is 0. The zero-order valence-corrected chi connectivity index (χ0v) is 11.9. The molecule has 2 nitrogen and oxygen atoms in total. The van der Waals surface area contributed by atoms with E-state index in [4.69, 9.17) is 10.5 Å². The van der Waals surface area contributed by atoms with Gasteiger partial charge >= 0.3 is 0 Å². The maximum absolute atomic E-state index is 6.64. The minimum Gasteiger partial charge on any atom is -0.375 e. The van der Waals surface area contributed by atoms with Crippen LogP contribution in [-0.4, -0.2) is 18.2 Å². The van der Waals surface area contributed by atoms with E-state index in [9.17, 15) is 0 Å². The Bertz CT molecular complexity index is 285. The van der Waals surface area contributed by atoms with Crippen LogP contribution in [0.15, 0.2) is 0 Å². The SMILES string of the molecule is CC1CCCC1C(N)C1CCOC2(CCCC2)C1. The Morgan fingerprint density at radius 2 is 1.89 bits per heavy atom. The van der Waals surface area contributed by atoms with Crippen LogP contribution in [0.25, 0.3) is 0 Å². The second-order valence-corrected chi connectivity index (χ2v) is 7.14. The standard InChI is InChI=1S/C16H29NO/c1-12-5-4-6-14(12)15(17)13-7-10-18-16(11-13)8-2-3-9-16/h12-15H,2-11,17H2,1H3. The lowest BCUT2D eigenvalue weighted by molar-refractivity contribution is -0.0993. The molecule has 0 aromatic heterocycles. The van der Waals surface area contributed by atoms with Gasteiger partial charge in [-0.1, -0.05) is 32.6 Å². The highest BCUT2D eigenvalue weighted by Gasteiger charge is 2.43. The molecule has 0 bridgehead atoms. The molecule has 1 saturated heterocycles. The van der Waals surface area contributed by atoms with Crippen molar-refractivity contribution in [2.24, 2.45) is 23.5 Å². The Kier molecular flexibility index (Phi) is 3.68. The van der Waals surface area contributed by atoms with Crippen molar-refractivity contribution in [2.75, 3.05) is 6.61 Å². The first-order chi connectivity index (χ1) is 8.70. The van der Waals surface area contributed by atoms with Crippen LogP contribution in [0.5, 0.6) is 0 Å². The van der Waals surface area contributed by atoms with Crippen LogP contribution < -0.4 is 5.73 Å². The molecule has 2 N–H and O–H groups in total. The monoisotopic (exact) mass is 251 g/mol.